The van der Waals surface area contributed by atoms with Crippen LogP contribution in [-0.4, -0.2) is 58.9 Å². The van der Waals surface area contributed by atoms with Crippen molar-refractivity contribution in [2.75, 3.05) is 31.8 Å². The van der Waals surface area contributed by atoms with Crippen LogP contribution in [0.3, 0.4) is 0 Å². The van der Waals surface area contributed by atoms with E-state index in [1.807, 2.05) is 0 Å². The first-order chi connectivity index (χ1) is 9.56. The lowest BCUT2D eigenvalue weighted by Crippen LogP contribution is -2.50. The number of aromatic nitrogens is 2. The smallest absolute Gasteiger partial charge is 0.372 e. The summed E-state index contributed by atoms with van der Waals surface area (Å²) in [6.45, 7) is 0.365. The zero-order valence-corrected chi connectivity index (χ0v) is 10.6. The minimum atomic E-state index is -1.14. The fraction of sp³-hybridized carbons (Fsp3) is 0.500. The second kappa shape index (κ2) is 5.65. The third-order valence-corrected chi connectivity index (χ3v) is 2.83. The van der Waals surface area contributed by atoms with E-state index in [0.29, 0.717) is 0 Å². The first-order valence-electron chi connectivity index (χ1n) is 5.66. The number of hydrogen-bond acceptors (Lipinski definition) is 8. The summed E-state index contributed by atoms with van der Waals surface area (Å²) >= 11 is 0. The maximum Gasteiger partial charge on any atom is 0.372 e. The average Bonchev–Trinajstić information content (AvgIpc) is 2.46. The van der Waals surface area contributed by atoms with E-state index in [-0.39, 0.29) is 31.5 Å². The van der Waals surface area contributed by atoms with E-state index in [1.165, 1.54) is 12.0 Å². The lowest BCUT2D eigenvalue weighted by Gasteiger charge is -2.33. The molecule has 108 valence electrons. The highest BCUT2D eigenvalue weighted by atomic mass is 16.6. The van der Waals surface area contributed by atoms with Crippen LogP contribution in [-0.2, 0) is 9.53 Å². The van der Waals surface area contributed by atoms with E-state index in [9.17, 15) is 14.9 Å². The largest absolute Gasteiger partial charge is 0.480 e. The van der Waals surface area contributed by atoms with Crippen LogP contribution in [0.4, 0.5) is 11.5 Å². The molecule has 1 aliphatic heterocycles. The zero-order valence-electron chi connectivity index (χ0n) is 10.6. The molecule has 0 bridgehead atoms. The molecule has 0 radical (unpaired) electrons. The highest BCUT2D eigenvalue weighted by Gasteiger charge is 2.36. The SMILES string of the molecule is COc1ncnc(N2CCOCC2C(=O)O)c1[N+](=O)[O-]. The van der Waals surface area contributed by atoms with Gasteiger partial charge in [0.1, 0.15) is 6.33 Å². The molecule has 1 aliphatic rings. The van der Waals surface area contributed by atoms with E-state index < -0.39 is 22.6 Å². The maximum absolute atomic E-state index is 11.2. The van der Waals surface area contributed by atoms with Crippen molar-refractivity contribution < 1.29 is 24.3 Å². The van der Waals surface area contributed by atoms with Crippen LogP contribution in [0.2, 0.25) is 0 Å². The van der Waals surface area contributed by atoms with Gasteiger partial charge in [-0.1, -0.05) is 0 Å². The Hall–Kier alpha value is -2.49. The molecule has 0 saturated carbocycles. The minimum absolute atomic E-state index is 0.0706. The van der Waals surface area contributed by atoms with Crippen LogP contribution in [0.5, 0.6) is 5.88 Å². The summed E-state index contributed by atoms with van der Waals surface area (Å²) in [6.07, 6.45) is 1.09. The Kier molecular flexibility index (Phi) is 3.94. The van der Waals surface area contributed by atoms with Gasteiger partial charge in [-0.3, -0.25) is 10.1 Å². The van der Waals surface area contributed by atoms with E-state index in [0.717, 1.165) is 6.33 Å². The van der Waals surface area contributed by atoms with Gasteiger partial charge in [0.2, 0.25) is 5.82 Å². The second-order valence-electron chi connectivity index (χ2n) is 3.93. The van der Waals surface area contributed by atoms with E-state index in [1.54, 1.807) is 0 Å². The number of morpholine rings is 1. The van der Waals surface area contributed by atoms with Gasteiger partial charge in [-0.15, -0.1) is 0 Å². The van der Waals surface area contributed by atoms with Crippen molar-refractivity contribution in [1.82, 2.24) is 9.97 Å². The first-order valence-corrected chi connectivity index (χ1v) is 5.66. The molecule has 20 heavy (non-hydrogen) atoms. The molecular weight excluding hydrogens is 272 g/mol. The molecule has 1 N–H and O–H groups in total. The number of rotatable bonds is 4. The summed E-state index contributed by atoms with van der Waals surface area (Å²) in [5.41, 5.74) is -0.455. The number of nitrogens with zero attached hydrogens (tertiary/aromatic N) is 4. The van der Waals surface area contributed by atoms with Gasteiger partial charge in [0, 0.05) is 6.54 Å². The maximum atomic E-state index is 11.2. The van der Waals surface area contributed by atoms with Crippen molar-refractivity contribution >= 4 is 17.5 Å². The van der Waals surface area contributed by atoms with E-state index in [4.69, 9.17) is 14.6 Å². The summed E-state index contributed by atoms with van der Waals surface area (Å²) in [6, 6.07) is -1.04. The minimum Gasteiger partial charge on any atom is -0.480 e. The van der Waals surface area contributed by atoms with Crippen LogP contribution in [0.25, 0.3) is 0 Å². The zero-order chi connectivity index (χ0) is 14.7. The van der Waals surface area contributed by atoms with Gasteiger partial charge in [-0.2, -0.15) is 4.98 Å². The summed E-state index contributed by atoms with van der Waals surface area (Å²) in [7, 11) is 1.24. The van der Waals surface area contributed by atoms with Crippen LogP contribution < -0.4 is 9.64 Å². The molecule has 1 fully saturated rings. The summed E-state index contributed by atoms with van der Waals surface area (Å²) in [5.74, 6) is -1.44. The highest BCUT2D eigenvalue weighted by molar-refractivity contribution is 5.80. The molecule has 2 heterocycles. The van der Waals surface area contributed by atoms with Gasteiger partial charge < -0.3 is 19.5 Å². The number of hydrogen-bond donors (Lipinski definition) is 1. The third-order valence-electron chi connectivity index (χ3n) is 2.83. The Morgan fingerprint density at radius 2 is 2.40 bits per heavy atom. The Morgan fingerprint density at radius 1 is 1.65 bits per heavy atom. The molecule has 10 heteroatoms. The van der Waals surface area contributed by atoms with Crippen molar-refractivity contribution in [2.24, 2.45) is 0 Å². The van der Waals surface area contributed by atoms with Crippen molar-refractivity contribution in [3.05, 3.63) is 16.4 Å². The van der Waals surface area contributed by atoms with Crippen molar-refractivity contribution in [3.63, 3.8) is 0 Å². The third kappa shape index (κ3) is 2.45. The predicted octanol–water partition coefficient (Wildman–Crippen LogP) is -0.317. The molecule has 1 aromatic heterocycles. The van der Waals surface area contributed by atoms with Gasteiger partial charge >= 0.3 is 11.7 Å². The average molecular weight is 284 g/mol. The van der Waals surface area contributed by atoms with Gasteiger partial charge in [-0.05, 0) is 0 Å². The van der Waals surface area contributed by atoms with E-state index in [2.05, 4.69) is 9.97 Å². The number of aliphatic carboxylic acids is 1. The van der Waals surface area contributed by atoms with Crippen LogP contribution in [0.15, 0.2) is 6.33 Å². The molecule has 0 aliphatic carbocycles. The molecule has 1 atom stereocenters. The normalized spacial score (nSPS) is 18.6. The summed E-state index contributed by atoms with van der Waals surface area (Å²) in [4.78, 5) is 30.5. The summed E-state index contributed by atoms with van der Waals surface area (Å²) < 4.78 is 9.92. The Balaban J connectivity index is 2.50. The fourth-order valence-electron chi connectivity index (χ4n) is 1.94. The van der Waals surface area contributed by atoms with Gasteiger partial charge in [0.15, 0.2) is 6.04 Å². The Labute approximate surface area is 113 Å². The predicted molar refractivity (Wildman–Crippen MR) is 64.8 cm³/mol. The van der Waals surface area contributed by atoms with Crippen LogP contribution >= 0.6 is 0 Å². The lowest BCUT2D eigenvalue weighted by atomic mass is 10.2. The van der Waals surface area contributed by atoms with Crippen LogP contribution in [0.1, 0.15) is 0 Å². The molecule has 1 unspecified atom stereocenters. The van der Waals surface area contributed by atoms with Crippen molar-refractivity contribution in [1.29, 1.82) is 0 Å². The molecule has 0 spiro atoms. The number of methoxy groups -OCH3 is 1. The molecule has 1 aromatic rings. The number of carboxylic acid groups (broad SMARTS) is 1. The number of ether oxygens (including phenoxy) is 2. The van der Waals surface area contributed by atoms with Gasteiger partial charge in [0.25, 0.3) is 5.88 Å². The van der Waals surface area contributed by atoms with Crippen molar-refractivity contribution in [3.8, 4) is 5.88 Å². The lowest BCUT2D eigenvalue weighted by molar-refractivity contribution is -0.385. The highest BCUT2D eigenvalue weighted by Crippen LogP contribution is 2.34. The number of carboxylic acids is 1. The monoisotopic (exact) mass is 284 g/mol. The molecule has 1 saturated heterocycles. The van der Waals surface area contributed by atoms with Crippen LogP contribution in [0, 0.1) is 10.1 Å². The fourth-order valence-corrected chi connectivity index (χ4v) is 1.94. The standard InChI is InChI=1S/C10H12N4O6/c1-19-9-7(14(17)18)8(11-5-12-9)13-2-3-20-4-6(13)10(15)16/h5-6H,2-4H2,1H3,(H,15,16). The molecule has 2 rings (SSSR count). The topological polar surface area (TPSA) is 128 Å². The molecule has 0 amide bonds. The molecule has 10 nitrogen and oxygen atoms in total. The summed E-state index contributed by atoms with van der Waals surface area (Å²) in [5, 5.41) is 20.3. The number of carbonyl (C=O) groups is 1. The molecule has 0 aromatic carbocycles. The van der Waals surface area contributed by atoms with E-state index >= 15 is 0 Å². The molecular formula is C10H12N4O6. The van der Waals surface area contributed by atoms with Gasteiger partial charge in [-0.25, -0.2) is 9.78 Å². The number of nitro groups is 1. The number of anilines is 1. The van der Waals surface area contributed by atoms with Gasteiger partial charge in [0.05, 0.1) is 25.2 Å². The quantitative estimate of drug-likeness (QED) is 0.584. The Morgan fingerprint density at radius 3 is 3.00 bits per heavy atom. The first kappa shape index (κ1) is 13.9. The van der Waals surface area contributed by atoms with Crippen molar-refractivity contribution in [2.45, 2.75) is 6.04 Å². The Bertz CT molecular complexity index is 536. The second-order valence-corrected chi connectivity index (χ2v) is 3.93.